The average molecular weight is 534 g/mol. The van der Waals surface area contributed by atoms with Crippen LogP contribution in [0.25, 0.3) is 0 Å². The van der Waals surface area contributed by atoms with Gasteiger partial charge in [0.15, 0.2) is 6.61 Å². The fraction of sp³-hybridized carbons (Fsp3) is 0.381. The monoisotopic (exact) mass is 532 g/mol. The molecule has 0 aromatic heterocycles. The molecule has 10 heteroatoms. The van der Waals surface area contributed by atoms with Crippen LogP contribution in [0.2, 0.25) is 5.02 Å². The predicted molar refractivity (Wildman–Crippen MR) is 126 cm³/mol. The van der Waals surface area contributed by atoms with Crippen molar-refractivity contribution >= 4 is 49.1 Å². The third-order valence-corrected chi connectivity index (χ3v) is 6.68. The lowest BCUT2D eigenvalue weighted by Gasteiger charge is -2.16. The van der Waals surface area contributed by atoms with Crippen molar-refractivity contribution in [2.45, 2.75) is 31.6 Å². The SMILES string of the molecule is CCc1cc(Br)cc(CC)c1NC(=O)COc1ccc(S(=O)(=O)NCCOC)cc1Cl. The van der Waals surface area contributed by atoms with E-state index in [1.165, 1.54) is 25.3 Å². The van der Waals surface area contributed by atoms with E-state index in [4.69, 9.17) is 21.1 Å². The van der Waals surface area contributed by atoms with Gasteiger partial charge in [-0.15, -0.1) is 0 Å². The van der Waals surface area contributed by atoms with Gasteiger partial charge in [-0.05, 0) is 54.3 Å². The third-order valence-electron chi connectivity index (χ3n) is 4.46. The van der Waals surface area contributed by atoms with Gasteiger partial charge in [0.05, 0.1) is 16.5 Å². The number of hydrogen-bond acceptors (Lipinski definition) is 5. The molecule has 0 aliphatic carbocycles. The van der Waals surface area contributed by atoms with E-state index < -0.39 is 10.0 Å². The van der Waals surface area contributed by atoms with E-state index in [1.807, 2.05) is 26.0 Å². The molecule has 0 unspecified atom stereocenters. The van der Waals surface area contributed by atoms with Crippen LogP contribution in [0, 0.1) is 0 Å². The van der Waals surface area contributed by atoms with Gasteiger partial charge in [0.25, 0.3) is 5.91 Å². The van der Waals surface area contributed by atoms with Gasteiger partial charge < -0.3 is 14.8 Å². The number of methoxy groups -OCH3 is 1. The lowest BCUT2D eigenvalue weighted by Crippen LogP contribution is -2.27. The molecule has 31 heavy (non-hydrogen) atoms. The molecule has 170 valence electrons. The van der Waals surface area contributed by atoms with Crippen molar-refractivity contribution in [3.63, 3.8) is 0 Å². The molecular formula is C21H26BrClN2O5S. The summed E-state index contributed by atoms with van der Waals surface area (Å²) >= 11 is 9.67. The van der Waals surface area contributed by atoms with Gasteiger partial charge in [-0.2, -0.15) is 0 Å². The number of sulfonamides is 1. The molecule has 0 atom stereocenters. The van der Waals surface area contributed by atoms with Crippen LogP contribution in [-0.4, -0.2) is 41.2 Å². The summed E-state index contributed by atoms with van der Waals surface area (Å²) in [7, 11) is -2.23. The lowest BCUT2D eigenvalue weighted by molar-refractivity contribution is -0.118. The molecule has 0 saturated heterocycles. The quantitative estimate of drug-likeness (QED) is 0.423. The maximum Gasteiger partial charge on any atom is 0.262 e. The number of hydrogen-bond donors (Lipinski definition) is 2. The molecule has 2 aromatic carbocycles. The van der Waals surface area contributed by atoms with E-state index in [2.05, 4.69) is 26.0 Å². The van der Waals surface area contributed by atoms with Crippen LogP contribution in [0.15, 0.2) is 39.7 Å². The van der Waals surface area contributed by atoms with Gasteiger partial charge in [-0.25, -0.2) is 13.1 Å². The molecule has 0 aliphatic rings. The van der Waals surface area contributed by atoms with E-state index in [0.29, 0.717) is 0 Å². The first kappa shape index (κ1) is 25.6. The maximum absolute atomic E-state index is 12.5. The third kappa shape index (κ3) is 7.18. The van der Waals surface area contributed by atoms with E-state index in [-0.39, 0.29) is 41.3 Å². The minimum atomic E-state index is -3.72. The van der Waals surface area contributed by atoms with Crippen molar-refractivity contribution in [1.29, 1.82) is 0 Å². The minimum Gasteiger partial charge on any atom is -0.482 e. The number of amides is 1. The zero-order valence-corrected chi connectivity index (χ0v) is 20.8. The molecule has 2 aromatic rings. The Morgan fingerprint density at radius 2 is 1.77 bits per heavy atom. The Bertz CT molecular complexity index is 1010. The van der Waals surface area contributed by atoms with Gasteiger partial charge in [-0.3, -0.25) is 4.79 Å². The van der Waals surface area contributed by atoms with Crippen LogP contribution in [0.4, 0.5) is 5.69 Å². The second kappa shape index (κ2) is 11.8. The average Bonchev–Trinajstić information content (AvgIpc) is 2.73. The van der Waals surface area contributed by atoms with Crippen LogP contribution in [-0.2, 0) is 32.4 Å². The van der Waals surface area contributed by atoms with Crippen LogP contribution in [0.3, 0.4) is 0 Å². The molecule has 0 heterocycles. The normalized spacial score (nSPS) is 11.4. The first-order chi connectivity index (χ1) is 14.7. The summed E-state index contributed by atoms with van der Waals surface area (Å²) in [6, 6.07) is 8.03. The summed E-state index contributed by atoms with van der Waals surface area (Å²) in [6.45, 7) is 4.17. The van der Waals surface area contributed by atoms with Gasteiger partial charge >= 0.3 is 0 Å². The van der Waals surface area contributed by atoms with E-state index >= 15 is 0 Å². The van der Waals surface area contributed by atoms with Crippen molar-refractivity contribution in [3.05, 3.63) is 51.0 Å². The summed E-state index contributed by atoms with van der Waals surface area (Å²) in [5.74, 6) is -0.115. The zero-order chi connectivity index (χ0) is 23.0. The molecule has 2 rings (SSSR count). The van der Waals surface area contributed by atoms with Crippen molar-refractivity contribution in [3.8, 4) is 5.75 Å². The van der Waals surface area contributed by atoms with Crippen molar-refractivity contribution in [1.82, 2.24) is 4.72 Å². The van der Waals surface area contributed by atoms with Gasteiger partial charge in [0, 0.05) is 23.8 Å². The van der Waals surface area contributed by atoms with E-state index in [1.54, 1.807) is 0 Å². The Kier molecular flexibility index (Phi) is 9.77. The Labute approximate surface area is 196 Å². The van der Waals surface area contributed by atoms with E-state index in [9.17, 15) is 13.2 Å². The van der Waals surface area contributed by atoms with E-state index in [0.717, 1.165) is 34.1 Å². The number of carbonyl (C=O) groups is 1. The molecule has 0 radical (unpaired) electrons. The smallest absolute Gasteiger partial charge is 0.262 e. The number of carbonyl (C=O) groups excluding carboxylic acids is 1. The van der Waals surface area contributed by atoms with Crippen molar-refractivity contribution in [2.75, 3.05) is 32.2 Å². The largest absolute Gasteiger partial charge is 0.482 e. The molecule has 0 bridgehead atoms. The molecule has 0 aliphatic heterocycles. The highest BCUT2D eigenvalue weighted by atomic mass is 79.9. The fourth-order valence-electron chi connectivity index (χ4n) is 2.89. The van der Waals surface area contributed by atoms with Crippen molar-refractivity contribution in [2.24, 2.45) is 0 Å². The van der Waals surface area contributed by atoms with Crippen LogP contribution in [0.1, 0.15) is 25.0 Å². The number of rotatable bonds is 11. The molecule has 0 saturated carbocycles. The number of ether oxygens (including phenoxy) is 2. The molecule has 1 amide bonds. The molecule has 2 N–H and O–H groups in total. The van der Waals surface area contributed by atoms with Crippen molar-refractivity contribution < 1.29 is 22.7 Å². The molecule has 7 nitrogen and oxygen atoms in total. The Morgan fingerprint density at radius 3 is 2.32 bits per heavy atom. The summed E-state index contributed by atoms with van der Waals surface area (Å²) in [6.07, 6.45) is 1.53. The highest BCUT2D eigenvalue weighted by Crippen LogP contribution is 2.29. The Balaban J connectivity index is 2.06. The Hall–Kier alpha value is -1.65. The van der Waals surface area contributed by atoms with Gasteiger partial charge in [0.2, 0.25) is 10.0 Å². The number of halogens is 2. The maximum atomic E-state index is 12.5. The second-order valence-corrected chi connectivity index (χ2v) is 9.72. The predicted octanol–water partition coefficient (Wildman–Crippen LogP) is 4.17. The van der Waals surface area contributed by atoms with Crippen LogP contribution in [0.5, 0.6) is 5.75 Å². The molecule has 0 spiro atoms. The van der Waals surface area contributed by atoms with Gasteiger partial charge in [-0.1, -0.05) is 41.4 Å². The summed E-state index contributed by atoms with van der Waals surface area (Å²) in [5, 5.41) is 3.01. The summed E-state index contributed by atoms with van der Waals surface area (Å²) < 4.78 is 38.2. The number of anilines is 1. The first-order valence-electron chi connectivity index (χ1n) is 9.73. The number of nitrogens with one attached hydrogen (secondary N) is 2. The fourth-order valence-corrected chi connectivity index (χ4v) is 4.78. The lowest BCUT2D eigenvalue weighted by atomic mass is 10.0. The standard InChI is InChI=1S/C21H26BrClN2O5S/c1-4-14-10-16(22)11-15(5-2)21(14)25-20(26)13-30-19-7-6-17(12-18(19)23)31(27,28)24-8-9-29-3/h6-7,10-12,24H,4-5,8-9,13H2,1-3H3,(H,25,26). The topological polar surface area (TPSA) is 93.7 Å². The second-order valence-electron chi connectivity index (χ2n) is 6.63. The van der Waals surface area contributed by atoms with Gasteiger partial charge in [0.1, 0.15) is 5.75 Å². The number of benzene rings is 2. The number of aryl methyl sites for hydroxylation is 2. The molecular weight excluding hydrogens is 508 g/mol. The zero-order valence-electron chi connectivity index (χ0n) is 17.6. The van der Waals surface area contributed by atoms with Crippen LogP contribution >= 0.6 is 27.5 Å². The highest BCUT2D eigenvalue weighted by Gasteiger charge is 2.17. The first-order valence-corrected chi connectivity index (χ1v) is 12.4. The summed E-state index contributed by atoms with van der Waals surface area (Å²) in [4.78, 5) is 12.5. The van der Waals surface area contributed by atoms with Crippen LogP contribution < -0.4 is 14.8 Å². The highest BCUT2D eigenvalue weighted by molar-refractivity contribution is 9.10. The summed E-state index contributed by atoms with van der Waals surface area (Å²) in [5.41, 5.74) is 2.83. The minimum absolute atomic E-state index is 0.000410. The Morgan fingerprint density at radius 1 is 1.13 bits per heavy atom. The molecule has 0 fully saturated rings.